The van der Waals surface area contributed by atoms with E-state index in [-0.39, 0.29) is 18.0 Å². The molecule has 4 nitrogen and oxygen atoms in total. The molecule has 1 heterocycles. The topological polar surface area (TPSA) is 58.4 Å². The molecule has 0 saturated carbocycles. The zero-order chi connectivity index (χ0) is 15.5. The maximum absolute atomic E-state index is 12.0. The largest absolute Gasteiger partial charge is 0.340 e. The number of rotatable bonds is 4. The van der Waals surface area contributed by atoms with Crippen molar-refractivity contribution in [2.75, 3.05) is 19.6 Å². The Kier molecular flexibility index (Phi) is 4.41. The molecule has 4 heteroatoms. The molecule has 2 atom stereocenters. The van der Waals surface area contributed by atoms with E-state index in [0.717, 1.165) is 13.0 Å². The summed E-state index contributed by atoms with van der Waals surface area (Å²) in [6.07, 6.45) is 0.877. The molecule has 0 radical (unpaired) electrons. The molecule has 2 aromatic carbocycles. The lowest BCUT2D eigenvalue weighted by molar-refractivity contribution is -0.133. The van der Waals surface area contributed by atoms with Crippen molar-refractivity contribution < 1.29 is 4.79 Å². The van der Waals surface area contributed by atoms with Crippen LogP contribution in [0.1, 0.15) is 12.5 Å². The first-order valence-corrected chi connectivity index (χ1v) is 7.88. The fourth-order valence-electron chi connectivity index (χ4n) is 2.96. The van der Waals surface area contributed by atoms with Crippen molar-refractivity contribution in [3.63, 3.8) is 0 Å². The Morgan fingerprint density at radius 3 is 2.82 bits per heavy atom. The number of carbonyl (C=O) groups excluding carboxylic acids is 1. The van der Waals surface area contributed by atoms with Crippen LogP contribution in [0, 0.1) is 0 Å². The van der Waals surface area contributed by atoms with E-state index in [9.17, 15) is 4.79 Å². The number of nitrogens with two attached hydrogens (primary N) is 1. The number of piperazine rings is 1. The molecule has 22 heavy (non-hydrogen) atoms. The van der Waals surface area contributed by atoms with Gasteiger partial charge in [-0.25, -0.2) is 0 Å². The minimum atomic E-state index is 0.0521. The van der Waals surface area contributed by atoms with Crippen LogP contribution < -0.4 is 11.1 Å². The molecule has 3 rings (SSSR count). The molecule has 0 spiro atoms. The number of hydrogen-bond donors (Lipinski definition) is 2. The molecule has 1 aliphatic rings. The predicted molar refractivity (Wildman–Crippen MR) is 89.7 cm³/mol. The summed E-state index contributed by atoms with van der Waals surface area (Å²) >= 11 is 0. The maximum atomic E-state index is 12.0. The summed E-state index contributed by atoms with van der Waals surface area (Å²) in [4.78, 5) is 13.9. The van der Waals surface area contributed by atoms with E-state index in [1.807, 2.05) is 11.8 Å². The van der Waals surface area contributed by atoms with Crippen LogP contribution in [0.5, 0.6) is 0 Å². The molecule has 1 amide bonds. The summed E-state index contributed by atoms with van der Waals surface area (Å²) in [7, 11) is 0. The Labute approximate surface area is 131 Å². The monoisotopic (exact) mass is 297 g/mol. The van der Waals surface area contributed by atoms with Gasteiger partial charge in [-0.2, -0.15) is 0 Å². The molecule has 3 N–H and O–H groups in total. The molecular weight excluding hydrogens is 274 g/mol. The lowest BCUT2D eigenvalue weighted by atomic mass is 10.0. The maximum Gasteiger partial charge on any atom is 0.236 e. The summed E-state index contributed by atoms with van der Waals surface area (Å²) in [5.74, 6) is 0.165. The van der Waals surface area contributed by atoms with Crippen LogP contribution in [0.3, 0.4) is 0 Å². The van der Waals surface area contributed by atoms with E-state index >= 15 is 0 Å². The van der Waals surface area contributed by atoms with E-state index in [1.165, 1.54) is 16.3 Å². The van der Waals surface area contributed by atoms with Gasteiger partial charge < -0.3 is 16.0 Å². The van der Waals surface area contributed by atoms with Gasteiger partial charge in [-0.1, -0.05) is 42.5 Å². The van der Waals surface area contributed by atoms with Crippen LogP contribution in [0.15, 0.2) is 42.5 Å². The van der Waals surface area contributed by atoms with Gasteiger partial charge in [-0.3, -0.25) is 4.79 Å². The first kappa shape index (κ1) is 15.0. The first-order valence-electron chi connectivity index (χ1n) is 7.88. The van der Waals surface area contributed by atoms with Gasteiger partial charge >= 0.3 is 0 Å². The number of fused-ring (bicyclic) bond motifs is 1. The summed E-state index contributed by atoms with van der Waals surface area (Å²) in [6.45, 7) is 3.82. The quantitative estimate of drug-likeness (QED) is 0.900. The van der Waals surface area contributed by atoms with Crippen molar-refractivity contribution in [2.24, 2.45) is 5.73 Å². The second kappa shape index (κ2) is 6.46. The number of hydrogen-bond acceptors (Lipinski definition) is 3. The molecule has 1 saturated heterocycles. The Bertz CT molecular complexity index is 668. The molecule has 1 fully saturated rings. The van der Waals surface area contributed by atoms with Crippen LogP contribution >= 0.6 is 0 Å². The van der Waals surface area contributed by atoms with Gasteiger partial charge in [0.25, 0.3) is 0 Å². The highest BCUT2D eigenvalue weighted by Gasteiger charge is 2.26. The van der Waals surface area contributed by atoms with Crippen molar-refractivity contribution >= 4 is 16.7 Å². The number of nitrogens with zero attached hydrogens (tertiary/aromatic N) is 1. The Morgan fingerprint density at radius 1 is 1.27 bits per heavy atom. The second-order valence-corrected chi connectivity index (χ2v) is 6.12. The van der Waals surface area contributed by atoms with E-state index in [4.69, 9.17) is 5.73 Å². The van der Waals surface area contributed by atoms with E-state index in [2.05, 4.69) is 47.8 Å². The van der Waals surface area contributed by atoms with Gasteiger partial charge in [0.1, 0.15) is 0 Å². The first-order chi connectivity index (χ1) is 10.6. The Balaban J connectivity index is 1.66. The van der Waals surface area contributed by atoms with Crippen LogP contribution in [0.4, 0.5) is 0 Å². The number of nitrogens with one attached hydrogen (secondary N) is 1. The normalized spacial score (nSPS) is 20.4. The van der Waals surface area contributed by atoms with Gasteiger partial charge in [0.15, 0.2) is 0 Å². The van der Waals surface area contributed by atoms with Crippen molar-refractivity contribution in [3.8, 4) is 0 Å². The van der Waals surface area contributed by atoms with Crippen LogP contribution in [-0.4, -0.2) is 42.5 Å². The summed E-state index contributed by atoms with van der Waals surface area (Å²) in [5, 5.41) is 5.71. The van der Waals surface area contributed by atoms with E-state index < -0.39 is 0 Å². The third-order valence-electron chi connectivity index (χ3n) is 4.40. The average molecular weight is 297 g/mol. The van der Waals surface area contributed by atoms with Crippen molar-refractivity contribution in [3.05, 3.63) is 48.0 Å². The number of benzene rings is 2. The zero-order valence-electron chi connectivity index (χ0n) is 13.0. The SMILES string of the molecule is CC(N)C1CN(CCc2ccc3ccccc3c2)C(=O)CN1. The number of carbonyl (C=O) groups is 1. The lowest BCUT2D eigenvalue weighted by Gasteiger charge is -2.35. The predicted octanol–water partition coefficient (Wildman–Crippen LogP) is 1.53. The molecule has 116 valence electrons. The van der Waals surface area contributed by atoms with Crippen molar-refractivity contribution in [1.29, 1.82) is 0 Å². The highest BCUT2D eigenvalue weighted by atomic mass is 16.2. The van der Waals surface area contributed by atoms with Crippen molar-refractivity contribution in [1.82, 2.24) is 10.2 Å². The van der Waals surface area contributed by atoms with E-state index in [0.29, 0.717) is 13.1 Å². The lowest BCUT2D eigenvalue weighted by Crippen LogP contribution is -2.59. The van der Waals surface area contributed by atoms with E-state index in [1.54, 1.807) is 0 Å². The second-order valence-electron chi connectivity index (χ2n) is 6.12. The molecule has 1 aliphatic heterocycles. The van der Waals surface area contributed by atoms with Gasteiger partial charge in [0.2, 0.25) is 5.91 Å². The van der Waals surface area contributed by atoms with Crippen LogP contribution in [0.25, 0.3) is 10.8 Å². The fraction of sp³-hybridized carbons (Fsp3) is 0.389. The standard InChI is InChI=1S/C18H23N3O/c1-13(19)17-12-21(18(22)11-20-17)9-8-14-6-7-15-4-2-3-5-16(15)10-14/h2-7,10,13,17,20H,8-9,11-12,19H2,1H3. The van der Waals surface area contributed by atoms with Crippen LogP contribution in [-0.2, 0) is 11.2 Å². The smallest absolute Gasteiger partial charge is 0.236 e. The molecule has 0 aliphatic carbocycles. The van der Waals surface area contributed by atoms with Gasteiger partial charge in [0, 0.05) is 25.2 Å². The molecule has 0 bridgehead atoms. The molecular formula is C18H23N3O. The Hall–Kier alpha value is -1.91. The minimum absolute atomic E-state index is 0.0521. The zero-order valence-corrected chi connectivity index (χ0v) is 13.0. The average Bonchev–Trinajstić information content (AvgIpc) is 2.53. The fourth-order valence-corrected chi connectivity index (χ4v) is 2.96. The highest BCUT2D eigenvalue weighted by Crippen LogP contribution is 2.16. The third-order valence-corrected chi connectivity index (χ3v) is 4.40. The Morgan fingerprint density at radius 2 is 2.05 bits per heavy atom. The van der Waals surface area contributed by atoms with Crippen molar-refractivity contribution in [2.45, 2.75) is 25.4 Å². The molecule has 2 unspecified atom stereocenters. The summed E-state index contributed by atoms with van der Waals surface area (Å²) < 4.78 is 0. The van der Waals surface area contributed by atoms with Gasteiger partial charge in [-0.15, -0.1) is 0 Å². The van der Waals surface area contributed by atoms with Crippen LogP contribution in [0.2, 0.25) is 0 Å². The molecule has 2 aromatic rings. The molecule has 0 aromatic heterocycles. The summed E-state index contributed by atoms with van der Waals surface area (Å²) in [5.41, 5.74) is 7.21. The van der Waals surface area contributed by atoms with Gasteiger partial charge in [0.05, 0.1) is 6.54 Å². The van der Waals surface area contributed by atoms with Gasteiger partial charge in [-0.05, 0) is 29.7 Å². The summed E-state index contributed by atoms with van der Waals surface area (Å²) in [6, 6.07) is 15.1. The highest BCUT2D eigenvalue weighted by molar-refractivity contribution is 5.83. The third kappa shape index (κ3) is 3.29. The minimum Gasteiger partial charge on any atom is -0.340 e. The number of amides is 1.